The van der Waals surface area contributed by atoms with E-state index in [0.29, 0.717) is 0 Å². The highest BCUT2D eigenvalue weighted by molar-refractivity contribution is 9.11. The third-order valence-corrected chi connectivity index (χ3v) is 7.96. The number of non-ortho nitro benzene ring substituents is 1. The summed E-state index contributed by atoms with van der Waals surface area (Å²) in [5.41, 5.74) is 0.0676. The van der Waals surface area contributed by atoms with Gasteiger partial charge in [-0.1, -0.05) is 6.07 Å². The minimum Gasteiger partial charge on any atom is -0.336 e. The Hall–Kier alpha value is -1.82. The quantitative estimate of drug-likeness (QED) is 0.516. The van der Waals surface area contributed by atoms with Crippen molar-refractivity contribution in [2.75, 3.05) is 26.2 Å². The first-order valence-electron chi connectivity index (χ1n) is 7.58. The summed E-state index contributed by atoms with van der Waals surface area (Å²) in [5, 5.41) is 10.8. The first kappa shape index (κ1) is 19.0. The van der Waals surface area contributed by atoms with E-state index in [-0.39, 0.29) is 47.5 Å². The molecule has 1 aromatic carbocycles. The molecule has 1 fully saturated rings. The van der Waals surface area contributed by atoms with Crippen LogP contribution in [0.4, 0.5) is 5.69 Å². The molecular formula is C15H14BrN3O5S2. The van der Waals surface area contributed by atoms with Crippen LogP contribution in [-0.2, 0) is 10.0 Å². The van der Waals surface area contributed by atoms with E-state index in [0.717, 1.165) is 15.1 Å². The molecule has 8 nitrogen and oxygen atoms in total. The Morgan fingerprint density at radius 2 is 1.85 bits per heavy atom. The molecule has 0 atom stereocenters. The summed E-state index contributed by atoms with van der Waals surface area (Å²) in [5.74, 6) is -0.343. The number of rotatable bonds is 4. The van der Waals surface area contributed by atoms with Crippen molar-refractivity contribution < 1.29 is 18.1 Å². The summed E-state index contributed by atoms with van der Waals surface area (Å²) < 4.78 is 27.5. The first-order valence-corrected chi connectivity index (χ1v) is 10.6. The van der Waals surface area contributed by atoms with Crippen LogP contribution in [0.25, 0.3) is 0 Å². The number of carbonyl (C=O) groups excluding carboxylic acids is 1. The van der Waals surface area contributed by atoms with Crippen molar-refractivity contribution in [3.05, 3.63) is 55.9 Å². The van der Waals surface area contributed by atoms with Gasteiger partial charge in [-0.2, -0.15) is 4.31 Å². The molecule has 0 aliphatic carbocycles. The largest absolute Gasteiger partial charge is 0.336 e. The third-order valence-electron chi connectivity index (χ3n) is 3.97. The maximum absolute atomic E-state index is 12.6. The van der Waals surface area contributed by atoms with Crippen LogP contribution in [0.1, 0.15) is 10.4 Å². The molecular weight excluding hydrogens is 446 g/mol. The van der Waals surface area contributed by atoms with Crippen molar-refractivity contribution >= 4 is 48.9 Å². The average Bonchev–Trinajstić information content (AvgIpc) is 3.08. The van der Waals surface area contributed by atoms with E-state index < -0.39 is 14.9 Å². The second-order valence-electron chi connectivity index (χ2n) is 5.56. The lowest BCUT2D eigenvalue weighted by Gasteiger charge is -2.33. The third kappa shape index (κ3) is 3.80. The van der Waals surface area contributed by atoms with Crippen LogP contribution in [0.3, 0.4) is 0 Å². The molecule has 26 heavy (non-hydrogen) atoms. The molecule has 0 unspecified atom stereocenters. The predicted octanol–water partition coefficient (Wildman–Crippen LogP) is 2.57. The number of hydrogen-bond donors (Lipinski definition) is 0. The molecule has 2 heterocycles. The zero-order valence-electron chi connectivity index (χ0n) is 13.4. The molecule has 1 aliphatic rings. The average molecular weight is 460 g/mol. The molecule has 0 spiro atoms. The van der Waals surface area contributed by atoms with Crippen LogP contribution in [0.15, 0.2) is 44.4 Å². The zero-order chi connectivity index (χ0) is 18.9. The topological polar surface area (TPSA) is 101 Å². The fraction of sp³-hybridized carbons (Fsp3) is 0.267. The van der Waals surface area contributed by atoms with Crippen LogP contribution >= 0.6 is 27.3 Å². The van der Waals surface area contributed by atoms with E-state index in [1.165, 1.54) is 33.5 Å². The molecule has 0 radical (unpaired) electrons. The van der Waals surface area contributed by atoms with Crippen LogP contribution < -0.4 is 0 Å². The Morgan fingerprint density at radius 1 is 1.15 bits per heavy atom. The van der Waals surface area contributed by atoms with Gasteiger partial charge in [0.2, 0.25) is 0 Å². The second kappa shape index (κ2) is 7.43. The van der Waals surface area contributed by atoms with E-state index in [1.807, 2.05) is 0 Å². The van der Waals surface area contributed by atoms with E-state index in [2.05, 4.69) is 15.9 Å². The molecule has 0 bridgehead atoms. The highest BCUT2D eigenvalue weighted by atomic mass is 79.9. The minimum atomic E-state index is -3.58. The highest BCUT2D eigenvalue weighted by Gasteiger charge is 2.31. The summed E-state index contributed by atoms with van der Waals surface area (Å²) in [6.45, 7) is 0.817. The van der Waals surface area contributed by atoms with Gasteiger partial charge in [-0.05, 0) is 34.1 Å². The standard InChI is InChI=1S/C15H14BrN3O5S2/c16-13-4-5-14(25-13)26(23,24)18-8-6-17(7-9-18)15(20)11-2-1-3-12(10-11)19(21)22/h1-5,10H,6-9H2. The lowest BCUT2D eigenvalue weighted by Crippen LogP contribution is -2.50. The lowest BCUT2D eigenvalue weighted by molar-refractivity contribution is -0.384. The maximum Gasteiger partial charge on any atom is 0.270 e. The minimum absolute atomic E-state index is 0.152. The Labute approximate surface area is 162 Å². The van der Waals surface area contributed by atoms with Gasteiger partial charge in [0.15, 0.2) is 0 Å². The van der Waals surface area contributed by atoms with Crippen molar-refractivity contribution in [3.8, 4) is 0 Å². The van der Waals surface area contributed by atoms with Gasteiger partial charge in [0.05, 0.1) is 8.71 Å². The van der Waals surface area contributed by atoms with Crippen LogP contribution in [-0.4, -0.2) is 54.6 Å². The monoisotopic (exact) mass is 459 g/mol. The zero-order valence-corrected chi connectivity index (χ0v) is 16.6. The summed E-state index contributed by atoms with van der Waals surface area (Å²) in [6, 6.07) is 8.75. The predicted molar refractivity (Wildman–Crippen MR) is 99.8 cm³/mol. The summed E-state index contributed by atoms with van der Waals surface area (Å²) in [4.78, 5) is 24.3. The number of piperazine rings is 1. The van der Waals surface area contributed by atoms with Crippen LogP contribution in [0, 0.1) is 10.1 Å². The molecule has 138 valence electrons. The molecule has 1 aromatic heterocycles. The molecule has 0 saturated carbocycles. The van der Waals surface area contributed by atoms with Crippen molar-refractivity contribution in [3.63, 3.8) is 0 Å². The Balaban J connectivity index is 1.69. The van der Waals surface area contributed by atoms with Gasteiger partial charge < -0.3 is 4.90 Å². The first-order chi connectivity index (χ1) is 12.3. The fourth-order valence-electron chi connectivity index (χ4n) is 2.63. The fourth-order valence-corrected chi connectivity index (χ4v) is 6.22. The van der Waals surface area contributed by atoms with Crippen molar-refractivity contribution in [2.45, 2.75) is 4.21 Å². The number of benzene rings is 1. The maximum atomic E-state index is 12.6. The molecule has 1 aliphatic heterocycles. The van der Waals surface area contributed by atoms with Crippen LogP contribution in [0.5, 0.6) is 0 Å². The van der Waals surface area contributed by atoms with Crippen molar-refractivity contribution in [1.29, 1.82) is 0 Å². The number of nitrogens with zero attached hydrogens (tertiary/aromatic N) is 3. The molecule has 1 saturated heterocycles. The van der Waals surface area contributed by atoms with Gasteiger partial charge in [-0.3, -0.25) is 14.9 Å². The Kier molecular flexibility index (Phi) is 5.42. The van der Waals surface area contributed by atoms with Crippen LogP contribution in [0.2, 0.25) is 0 Å². The van der Waals surface area contributed by atoms with Gasteiger partial charge in [0, 0.05) is 43.9 Å². The number of carbonyl (C=O) groups is 1. The molecule has 2 aromatic rings. The molecule has 11 heteroatoms. The van der Waals surface area contributed by atoms with Gasteiger partial charge >= 0.3 is 0 Å². The number of amides is 1. The molecule has 3 rings (SSSR count). The highest BCUT2D eigenvalue weighted by Crippen LogP contribution is 2.29. The van der Waals surface area contributed by atoms with Gasteiger partial charge in [0.1, 0.15) is 4.21 Å². The molecule has 0 N–H and O–H groups in total. The van der Waals surface area contributed by atoms with Gasteiger partial charge in [-0.25, -0.2) is 8.42 Å². The number of hydrogen-bond acceptors (Lipinski definition) is 6. The van der Waals surface area contributed by atoms with Gasteiger partial charge in [-0.15, -0.1) is 11.3 Å². The van der Waals surface area contributed by atoms with E-state index in [9.17, 15) is 23.3 Å². The lowest BCUT2D eigenvalue weighted by atomic mass is 10.1. The number of halogens is 1. The van der Waals surface area contributed by atoms with E-state index in [4.69, 9.17) is 0 Å². The number of nitro groups is 1. The van der Waals surface area contributed by atoms with E-state index in [1.54, 1.807) is 12.1 Å². The van der Waals surface area contributed by atoms with Crippen molar-refractivity contribution in [2.24, 2.45) is 0 Å². The Morgan fingerprint density at radius 3 is 2.42 bits per heavy atom. The smallest absolute Gasteiger partial charge is 0.270 e. The molecule has 1 amide bonds. The van der Waals surface area contributed by atoms with E-state index >= 15 is 0 Å². The Bertz CT molecular complexity index is 952. The number of nitro benzene ring substituents is 1. The SMILES string of the molecule is O=C(c1cccc([N+](=O)[O-])c1)N1CCN(S(=O)(=O)c2ccc(Br)s2)CC1. The van der Waals surface area contributed by atoms with Crippen molar-refractivity contribution in [1.82, 2.24) is 9.21 Å². The second-order valence-corrected chi connectivity index (χ2v) is 10.2. The van der Waals surface area contributed by atoms with Gasteiger partial charge in [0.25, 0.3) is 21.6 Å². The number of thiophene rings is 1. The summed E-state index contributed by atoms with van der Waals surface area (Å²) in [6.07, 6.45) is 0. The summed E-state index contributed by atoms with van der Waals surface area (Å²) in [7, 11) is -3.58. The summed E-state index contributed by atoms with van der Waals surface area (Å²) >= 11 is 4.39. The number of sulfonamides is 1. The normalized spacial score (nSPS) is 15.8.